The minimum absolute atomic E-state index is 0.0535. The lowest BCUT2D eigenvalue weighted by molar-refractivity contribution is 0.340. The van der Waals surface area contributed by atoms with E-state index in [2.05, 4.69) is 4.72 Å². The Kier molecular flexibility index (Phi) is 4.47. The summed E-state index contributed by atoms with van der Waals surface area (Å²) in [6, 6.07) is 10.1. The second kappa shape index (κ2) is 6.13. The van der Waals surface area contributed by atoms with Gasteiger partial charge in [0, 0.05) is 5.69 Å². The Labute approximate surface area is 123 Å². The van der Waals surface area contributed by atoms with Crippen molar-refractivity contribution in [1.82, 2.24) is 0 Å². The van der Waals surface area contributed by atoms with E-state index in [1.165, 1.54) is 12.1 Å². The highest BCUT2D eigenvalue weighted by Crippen LogP contribution is 2.22. The molecule has 0 radical (unpaired) electrons. The minimum Gasteiger partial charge on any atom is -0.494 e. The van der Waals surface area contributed by atoms with Crippen LogP contribution < -0.4 is 9.46 Å². The molecule has 0 atom stereocenters. The fourth-order valence-corrected chi connectivity index (χ4v) is 3.20. The van der Waals surface area contributed by atoms with E-state index in [1.807, 2.05) is 6.92 Å². The van der Waals surface area contributed by atoms with E-state index in [-0.39, 0.29) is 4.90 Å². The second-order valence-corrected chi connectivity index (χ2v) is 6.12. The van der Waals surface area contributed by atoms with Crippen molar-refractivity contribution in [3.8, 4) is 5.75 Å². The maximum atomic E-state index is 13.1. The summed E-state index contributed by atoms with van der Waals surface area (Å²) < 4.78 is 45.4. The molecular weight excluding hydrogens is 293 g/mol. The van der Waals surface area contributed by atoms with Crippen molar-refractivity contribution in [2.45, 2.75) is 18.7 Å². The third-order valence-corrected chi connectivity index (χ3v) is 4.39. The maximum absolute atomic E-state index is 13.1. The maximum Gasteiger partial charge on any atom is 0.262 e. The molecule has 0 heterocycles. The third-order valence-electron chi connectivity index (χ3n) is 2.84. The summed E-state index contributed by atoms with van der Waals surface area (Å²) in [5.41, 5.74) is 0.774. The topological polar surface area (TPSA) is 55.4 Å². The summed E-state index contributed by atoms with van der Waals surface area (Å²) in [6.07, 6.45) is 0. The number of sulfonamides is 1. The average molecular weight is 309 g/mol. The van der Waals surface area contributed by atoms with Crippen LogP contribution in [0.2, 0.25) is 0 Å². The van der Waals surface area contributed by atoms with Crippen LogP contribution in [0, 0.1) is 12.7 Å². The number of halogens is 1. The molecule has 0 aliphatic rings. The fraction of sp³-hybridized carbons (Fsp3) is 0.200. The minimum atomic E-state index is -3.74. The quantitative estimate of drug-likeness (QED) is 0.921. The summed E-state index contributed by atoms with van der Waals surface area (Å²) in [4.78, 5) is 0.0535. The van der Waals surface area contributed by atoms with Gasteiger partial charge in [-0.1, -0.05) is 0 Å². The molecule has 4 nitrogen and oxygen atoms in total. The van der Waals surface area contributed by atoms with Gasteiger partial charge in [0.1, 0.15) is 11.6 Å². The van der Waals surface area contributed by atoms with E-state index in [0.29, 0.717) is 23.6 Å². The average Bonchev–Trinajstić information content (AvgIpc) is 2.40. The van der Waals surface area contributed by atoms with Gasteiger partial charge in [0.25, 0.3) is 10.0 Å². The number of hydrogen-bond donors (Lipinski definition) is 1. The smallest absolute Gasteiger partial charge is 0.262 e. The Morgan fingerprint density at radius 2 is 1.81 bits per heavy atom. The van der Waals surface area contributed by atoms with Crippen molar-refractivity contribution in [2.24, 2.45) is 0 Å². The summed E-state index contributed by atoms with van der Waals surface area (Å²) in [6.45, 7) is 3.96. The molecule has 0 amide bonds. The molecule has 0 aliphatic carbocycles. The van der Waals surface area contributed by atoms with Crippen LogP contribution >= 0.6 is 0 Å². The number of benzene rings is 2. The SMILES string of the molecule is CCOc1ccc(NS(=O)(=O)c2ccc(F)cc2C)cc1. The molecule has 0 aliphatic heterocycles. The van der Waals surface area contributed by atoms with Gasteiger partial charge in [-0.25, -0.2) is 12.8 Å². The van der Waals surface area contributed by atoms with E-state index in [0.717, 1.165) is 6.07 Å². The van der Waals surface area contributed by atoms with Crippen LogP contribution in [0.25, 0.3) is 0 Å². The number of aryl methyl sites for hydroxylation is 1. The molecular formula is C15H16FNO3S. The Morgan fingerprint density at radius 1 is 1.14 bits per heavy atom. The highest BCUT2D eigenvalue weighted by atomic mass is 32.2. The zero-order valence-corrected chi connectivity index (χ0v) is 12.6. The number of hydrogen-bond acceptors (Lipinski definition) is 3. The largest absolute Gasteiger partial charge is 0.494 e. The van der Waals surface area contributed by atoms with Gasteiger partial charge in [-0.05, 0) is 61.9 Å². The highest BCUT2D eigenvalue weighted by molar-refractivity contribution is 7.92. The van der Waals surface area contributed by atoms with Gasteiger partial charge in [0.15, 0.2) is 0 Å². The van der Waals surface area contributed by atoms with E-state index in [4.69, 9.17) is 4.74 Å². The van der Waals surface area contributed by atoms with Crippen LogP contribution in [-0.2, 0) is 10.0 Å². The molecule has 0 saturated carbocycles. The lowest BCUT2D eigenvalue weighted by Gasteiger charge is -2.11. The van der Waals surface area contributed by atoms with Crippen molar-refractivity contribution >= 4 is 15.7 Å². The fourth-order valence-electron chi connectivity index (χ4n) is 1.91. The summed E-state index contributed by atoms with van der Waals surface area (Å²) in [5, 5.41) is 0. The second-order valence-electron chi connectivity index (χ2n) is 4.47. The van der Waals surface area contributed by atoms with Gasteiger partial charge in [0.2, 0.25) is 0 Å². The summed E-state index contributed by atoms with van der Waals surface area (Å²) >= 11 is 0. The molecule has 2 aromatic rings. The molecule has 2 aromatic carbocycles. The van der Waals surface area contributed by atoms with Crippen molar-refractivity contribution in [2.75, 3.05) is 11.3 Å². The van der Waals surface area contributed by atoms with Crippen LogP contribution in [0.5, 0.6) is 5.75 Å². The molecule has 0 fully saturated rings. The highest BCUT2D eigenvalue weighted by Gasteiger charge is 2.17. The van der Waals surface area contributed by atoms with Gasteiger partial charge in [-0.15, -0.1) is 0 Å². The van der Waals surface area contributed by atoms with Gasteiger partial charge >= 0.3 is 0 Å². The lowest BCUT2D eigenvalue weighted by atomic mass is 10.2. The number of anilines is 1. The monoisotopic (exact) mass is 309 g/mol. The first-order valence-electron chi connectivity index (χ1n) is 6.44. The first-order valence-corrected chi connectivity index (χ1v) is 7.92. The number of rotatable bonds is 5. The van der Waals surface area contributed by atoms with Crippen LogP contribution in [0.1, 0.15) is 12.5 Å². The predicted molar refractivity (Wildman–Crippen MR) is 79.6 cm³/mol. The molecule has 1 N–H and O–H groups in total. The third kappa shape index (κ3) is 3.72. The van der Waals surface area contributed by atoms with Crippen molar-refractivity contribution in [3.63, 3.8) is 0 Å². The first-order chi connectivity index (χ1) is 9.92. The number of nitrogens with one attached hydrogen (secondary N) is 1. The standard InChI is InChI=1S/C15H16FNO3S/c1-3-20-14-7-5-13(6-8-14)17-21(18,19)15-9-4-12(16)10-11(15)2/h4-10,17H,3H2,1-2H3. The van der Waals surface area contributed by atoms with E-state index in [1.54, 1.807) is 31.2 Å². The predicted octanol–water partition coefficient (Wildman–Crippen LogP) is 3.33. The van der Waals surface area contributed by atoms with Gasteiger partial charge < -0.3 is 4.74 Å². The Bertz CT molecular complexity index is 727. The molecule has 0 unspecified atom stereocenters. The van der Waals surface area contributed by atoms with Crippen LogP contribution in [0.15, 0.2) is 47.4 Å². The zero-order valence-electron chi connectivity index (χ0n) is 11.8. The van der Waals surface area contributed by atoms with E-state index in [9.17, 15) is 12.8 Å². The van der Waals surface area contributed by atoms with Crippen molar-refractivity contribution in [3.05, 3.63) is 53.8 Å². The molecule has 6 heteroatoms. The summed E-state index contributed by atoms with van der Waals surface area (Å²) in [7, 11) is -3.74. The molecule has 0 spiro atoms. The van der Waals surface area contributed by atoms with Crippen LogP contribution in [0.4, 0.5) is 10.1 Å². The Hall–Kier alpha value is -2.08. The molecule has 0 bridgehead atoms. The van der Waals surface area contributed by atoms with E-state index < -0.39 is 15.8 Å². The zero-order chi connectivity index (χ0) is 15.5. The van der Waals surface area contributed by atoms with E-state index >= 15 is 0 Å². The van der Waals surface area contributed by atoms with Gasteiger partial charge in [0.05, 0.1) is 11.5 Å². The van der Waals surface area contributed by atoms with Crippen molar-refractivity contribution in [1.29, 1.82) is 0 Å². The molecule has 0 saturated heterocycles. The molecule has 0 aromatic heterocycles. The molecule has 112 valence electrons. The van der Waals surface area contributed by atoms with Gasteiger partial charge in [-0.2, -0.15) is 0 Å². The van der Waals surface area contributed by atoms with Crippen LogP contribution in [0.3, 0.4) is 0 Å². The first kappa shape index (κ1) is 15.3. The number of ether oxygens (including phenoxy) is 1. The molecule has 2 rings (SSSR count). The normalized spacial score (nSPS) is 11.2. The van der Waals surface area contributed by atoms with Gasteiger partial charge in [-0.3, -0.25) is 4.72 Å². The molecule has 21 heavy (non-hydrogen) atoms. The Morgan fingerprint density at radius 3 is 2.38 bits per heavy atom. The summed E-state index contributed by atoms with van der Waals surface area (Å²) in [5.74, 6) is 0.200. The van der Waals surface area contributed by atoms with Crippen LogP contribution in [-0.4, -0.2) is 15.0 Å². The van der Waals surface area contributed by atoms with Crippen molar-refractivity contribution < 1.29 is 17.5 Å². The Balaban J connectivity index is 2.24. The lowest BCUT2D eigenvalue weighted by Crippen LogP contribution is -2.14.